The molecule has 0 radical (unpaired) electrons. The zero-order valence-corrected chi connectivity index (χ0v) is 10.8. The maximum Gasteiger partial charge on any atom is 0.328 e. The normalized spacial score (nSPS) is 16.0. The molecule has 2 rings (SSSR count). The molecule has 3 N–H and O–H groups in total. The lowest BCUT2D eigenvalue weighted by Gasteiger charge is -2.04. The predicted molar refractivity (Wildman–Crippen MR) is 67.5 cm³/mol. The average Bonchev–Trinajstić information content (AvgIpc) is 2.92. The number of carboxylic acids is 1. The summed E-state index contributed by atoms with van der Waals surface area (Å²) in [7, 11) is -3.58. The second kappa shape index (κ2) is 5.04. The molecule has 1 aliphatic carbocycles. The van der Waals surface area contributed by atoms with Crippen molar-refractivity contribution in [2.75, 3.05) is 4.72 Å². The largest absolute Gasteiger partial charge is 0.478 e. The van der Waals surface area contributed by atoms with Crippen molar-refractivity contribution in [1.29, 1.82) is 0 Å². The Labute approximate surface area is 108 Å². The molecule has 9 heteroatoms. The van der Waals surface area contributed by atoms with Crippen LogP contribution < -0.4 is 9.44 Å². The van der Waals surface area contributed by atoms with Crippen molar-refractivity contribution in [3.63, 3.8) is 0 Å². The van der Waals surface area contributed by atoms with Crippen LogP contribution in [-0.4, -0.2) is 30.5 Å². The number of rotatable bonds is 6. The highest BCUT2D eigenvalue weighted by Crippen LogP contribution is 2.22. The van der Waals surface area contributed by atoms with Crippen LogP contribution in [0.5, 0.6) is 0 Å². The minimum absolute atomic E-state index is 0.0221. The lowest BCUT2D eigenvalue weighted by atomic mass is 10.4. The van der Waals surface area contributed by atoms with Crippen LogP contribution in [0.3, 0.4) is 0 Å². The van der Waals surface area contributed by atoms with Crippen LogP contribution in [0, 0.1) is 0 Å². The first-order valence-corrected chi connectivity index (χ1v) is 7.41. The molecular formula is C9H11N3O4S2. The number of anilines is 1. The molecule has 0 bridgehead atoms. The smallest absolute Gasteiger partial charge is 0.328 e. The minimum atomic E-state index is -3.58. The van der Waals surface area contributed by atoms with Crippen molar-refractivity contribution in [2.45, 2.75) is 18.9 Å². The quantitative estimate of drug-likeness (QED) is 0.666. The zero-order chi connectivity index (χ0) is 13.2. The van der Waals surface area contributed by atoms with Crippen LogP contribution in [0.2, 0.25) is 0 Å². The molecule has 18 heavy (non-hydrogen) atoms. The van der Waals surface area contributed by atoms with Crippen molar-refractivity contribution in [3.8, 4) is 0 Å². The van der Waals surface area contributed by atoms with E-state index >= 15 is 0 Å². The fourth-order valence-electron chi connectivity index (χ4n) is 1.13. The van der Waals surface area contributed by atoms with Crippen molar-refractivity contribution < 1.29 is 18.3 Å². The van der Waals surface area contributed by atoms with E-state index in [2.05, 4.69) is 14.4 Å². The van der Waals surface area contributed by atoms with Crippen LogP contribution in [0.4, 0.5) is 5.13 Å². The summed E-state index contributed by atoms with van der Waals surface area (Å²) in [5.41, 5.74) is 0. The summed E-state index contributed by atoms with van der Waals surface area (Å²) in [6, 6.07) is 0.0221. The highest BCUT2D eigenvalue weighted by molar-refractivity contribution is 7.91. The lowest BCUT2D eigenvalue weighted by molar-refractivity contribution is -0.131. The van der Waals surface area contributed by atoms with E-state index in [1.165, 1.54) is 12.3 Å². The van der Waals surface area contributed by atoms with Gasteiger partial charge in [-0.25, -0.2) is 14.5 Å². The molecule has 1 aromatic rings. The van der Waals surface area contributed by atoms with Crippen LogP contribution in [-0.2, 0) is 15.0 Å². The van der Waals surface area contributed by atoms with Crippen LogP contribution >= 0.6 is 11.3 Å². The highest BCUT2D eigenvalue weighted by Gasteiger charge is 2.27. The van der Waals surface area contributed by atoms with Gasteiger partial charge in [-0.3, -0.25) is 0 Å². The Morgan fingerprint density at radius 2 is 2.28 bits per heavy atom. The number of hydrogen-bond acceptors (Lipinski definition) is 5. The zero-order valence-electron chi connectivity index (χ0n) is 9.16. The molecule has 1 aromatic heterocycles. The Morgan fingerprint density at radius 1 is 1.56 bits per heavy atom. The summed E-state index contributed by atoms with van der Waals surface area (Å²) in [5, 5.41) is 8.65. The van der Waals surface area contributed by atoms with E-state index in [0.717, 1.165) is 30.3 Å². The first-order valence-electron chi connectivity index (χ1n) is 5.11. The Bertz CT molecular complexity index is 574. The van der Waals surface area contributed by atoms with Crippen molar-refractivity contribution in [3.05, 3.63) is 17.2 Å². The summed E-state index contributed by atoms with van der Waals surface area (Å²) in [5.74, 6) is -1.07. The second-order valence-corrected chi connectivity index (χ2v) is 6.25. The number of hydrogen-bond donors (Lipinski definition) is 3. The molecular weight excluding hydrogens is 278 g/mol. The number of carbonyl (C=O) groups is 1. The number of thiazole rings is 1. The Hall–Kier alpha value is -1.45. The van der Waals surface area contributed by atoms with Gasteiger partial charge in [0.25, 0.3) is 0 Å². The van der Waals surface area contributed by atoms with E-state index in [1.807, 2.05) is 0 Å². The molecule has 7 nitrogen and oxygen atoms in total. The molecule has 1 aliphatic rings. The summed E-state index contributed by atoms with van der Waals surface area (Å²) >= 11 is 1.06. The lowest BCUT2D eigenvalue weighted by Crippen LogP contribution is -2.31. The van der Waals surface area contributed by atoms with Gasteiger partial charge in [0.1, 0.15) is 0 Å². The maximum absolute atomic E-state index is 11.6. The third-order valence-electron chi connectivity index (χ3n) is 2.03. The highest BCUT2D eigenvalue weighted by atomic mass is 32.2. The first kappa shape index (κ1) is 13.0. The van der Waals surface area contributed by atoms with Gasteiger partial charge in [0.05, 0.1) is 0 Å². The van der Waals surface area contributed by atoms with E-state index in [4.69, 9.17) is 5.11 Å². The van der Waals surface area contributed by atoms with Crippen molar-refractivity contribution in [2.24, 2.45) is 0 Å². The van der Waals surface area contributed by atoms with Crippen LogP contribution in [0.15, 0.2) is 12.3 Å². The maximum atomic E-state index is 11.6. The third kappa shape index (κ3) is 4.09. The van der Waals surface area contributed by atoms with E-state index in [-0.39, 0.29) is 11.2 Å². The Kier molecular flexibility index (Phi) is 3.64. The summed E-state index contributed by atoms with van der Waals surface area (Å²) in [4.78, 5) is 14.7. The van der Waals surface area contributed by atoms with Gasteiger partial charge in [-0.2, -0.15) is 13.1 Å². The van der Waals surface area contributed by atoms with Crippen molar-refractivity contribution in [1.82, 2.24) is 9.71 Å². The molecule has 0 spiro atoms. The number of carboxylic acid groups (broad SMARTS) is 1. The number of nitrogens with one attached hydrogen (secondary N) is 2. The number of aliphatic carboxylic acids is 1. The molecule has 0 unspecified atom stereocenters. The van der Waals surface area contributed by atoms with E-state index in [0.29, 0.717) is 4.88 Å². The van der Waals surface area contributed by atoms with E-state index in [9.17, 15) is 13.2 Å². The Morgan fingerprint density at radius 3 is 2.89 bits per heavy atom. The topological polar surface area (TPSA) is 108 Å². The SMILES string of the molecule is O=C(O)/C=C/c1cnc(NS(=O)(=O)NC2CC2)s1. The van der Waals surface area contributed by atoms with Gasteiger partial charge in [-0.15, -0.1) is 0 Å². The van der Waals surface area contributed by atoms with Gasteiger partial charge in [-0.1, -0.05) is 11.3 Å². The fourth-order valence-corrected chi connectivity index (χ4v) is 3.21. The molecule has 1 heterocycles. The average molecular weight is 289 g/mol. The van der Waals surface area contributed by atoms with Gasteiger partial charge >= 0.3 is 16.2 Å². The second-order valence-electron chi connectivity index (χ2n) is 3.74. The number of aromatic nitrogens is 1. The monoisotopic (exact) mass is 289 g/mol. The minimum Gasteiger partial charge on any atom is -0.478 e. The molecule has 0 saturated heterocycles. The van der Waals surface area contributed by atoms with E-state index < -0.39 is 16.2 Å². The molecule has 0 amide bonds. The van der Waals surface area contributed by atoms with Crippen LogP contribution in [0.25, 0.3) is 6.08 Å². The molecule has 1 saturated carbocycles. The molecule has 1 fully saturated rings. The summed E-state index contributed by atoms with van der Waals surface area (Å²) < 4.78 is 27.9. The van der Waals surface area contributed by atoms with Gasteiger partial charge in [0.15, 0.2) is 5.13 Å². The summed E-state index contributed by atoms with van der Waals surface area (Å²) in [6.45, 7) is 0. The molecule has 0 aromatic carbocycles. The van der Waals surface area contributed by atoms with Gasteiger partial charge in [0, 0.05) is 23.2 Å². The third-order valence-corrected chi connectivity index (χ3v) is 4.15. The summed E-state index contributed by atoms with van der Waals surface area (Å²) in [6.07, 6.45) is 5.43. The predicted octanol–water partition coefficient (Wildman–Crippen LogP) is 0.650. The van der Waals surface area contributed by atoms with Gasteiger partial charge in [0.2, 0.25) is 0 Å². The van der Waals surface area contributed by atoms with E-state index in [1.54, 1.807) is 0 Å². The molecule has 0 aliphatic heterocycles. The fraction of sp³-hybridized carbons (Fsp3) is 0.333. The standard InChI is InChI=1S/C9H11N3O4S2/c13-8(14)4-3-7-5-10-9(17-7)12-18(15,16)11-6-1-2-6/h3-6,11H,1-2H2,(H,10,12)(H,13,14)/b4-3+. The van der Waals surface area contributed by atoms with Gasteiger partial charge < -0.3 is 5.11 Å². The van der Waals surface area contributed by atoms with Crippen molar-refractivity contribution >= 4 is 38.7 Å². The number of nitrogens with zero attached hydrogens (tertiary/aromatic N) is 1. The van der Waals surface area contributed by atoms with Gasteiger partial charge in [-0.05, 0) is 18.9 Å². The molecule has 0 atom stereocenters. The van der Waals surface area contributed by atoms with Crippen LogP contribution in [0.1, 0.15) is 17.7 Å². The Balaban J connectivity index is 1.99. The first-order chi connectivity index (χ1) is 8.44. The molecule has 98 valence electrons.